The Balaban J connectivity index is 2.42. The minimum Gasteiger partial charge on any atom is -0.397 e. The second-order valence-corrected chi connectivity index (χ2v) is 3.99. The van der Waals surface area contributed by atoms with Crippen molar-refractivity contribution in [3.8, 4) is 0 Å². The van der Waals surface area contributed by atoms with Crippen molar-refractivity contribution in [3.05, 3.63) is 48.2 Å². The number of hydrogen-bond acceptors (Lipinski definition) is 3. The number of nitrogens with zero attached hydrogens (tertiary/aromatic N) is 2. The van der Waals surface area contributed by atoms with Crippen LogP contribution in [-0.2, 0) is 0 Å². The van der Waals surface area contributed by atoms with Crippen LogP contribution in [0.2, 0.25) is 0 Å². The number of hydrogen-bond donors (Lipinski definition) is 1. The minimum atomic E-state index is 0.704. The number of anilines is 3. The number of para-hydroxylation sites is 1. The Morgan fingerprint density at radius 1 is 1.24 bits per heavy atom. The number of nitrogen functional groups attached to an aromatic ring is 1. The van der Waals surface area contributed by atoms with Gasteiger partial charge in [0, 0.05) is 12.2 Å². The molecule has 0 saturated heterocycles. The van der Waals surface area contributed by atoms with Crippen molar-refractivity contribution < 1.29 is 0 Å². The molecule has 1 aromatic heterocycles. The predicted molar refractivity (Wildman–Crippen MR) is 72.5 cm³/mol. The topological polar surface area (TPSA) is 42.2 Å². The highest BCUT2D eigenvalue weighted by atomic mass is 15.2. The highest BCUT2D eigenvalue weighted by molar-refractivity contribution is 5.64. The lowest BCUT2D eigenvalue weighted by atomic mass is 10.2. The van der Waals surface area contributed by atoms with Gasteiger partial charge in [0.2, 0.25) is 0 Å². The van der Waals surface area contributed by atoms with Crippen LogP contribution in [0.1, 0.15) is 12.5 Å². The molecule has 0 saturated carbocycles. The molecule has 0 aliphatic carbocycles. The van der Waals surface area contributed by atoms with Gasteiger partial charge in [-0.2, -0.15) is 0 Å². The summed E-state index contributed by atoms with van der Waals surface area (Å²) in [4.78, 5) is 6.60. The average molecular weight is 227 g/mol. The monoisotopic (exact) mass is 227 g/mol. The van der Waals surface area contributed by atoms with Crippen molar-refractivity contribution in [3.63, 3.8) is 0 Å². The van der Waals surface area contributed by atoms with Crippen molar-refractivity contribution in [2.24, 2.45) is 0 Å². The highest BCUT2D eigenvalue weighted by Crippen LogP contribution is 2.26. The van der Waals surface area contributed by atoms with E-state index in [1.54, 1.807) is 6.20 Å². The van der Waals surface area contributed by atoms with E-state index in [2.05, 4.69) is 28.9 Å². The second-order valence-electron chi connectivity index (χ2n) is 3.99. The van der Waals surface area contributed by atoms with E-state index >= 15 is 0 Å². The lowest BCUT2D eigenvalue weighted by Gasteiger charge is -2.23. The fourth-order valence-corrected chi connectivity index (χ4v) is 1.93. The van der Waals surface area contributed by atoms with Crippen LogP contribution in [0.15, 0.2) is 42.6 Å². The van der Waals surface area contributed by atoms with E-state index in [0.29, 0.717) is 5.69 Å². The molecule has 0 bridgehead atoms. The van der Waals surface area contributed by atoms with Gasteiger partial charge in [-0.25, -0.2) is 4.98 Å². The van der Waals surface area contributed by atoms with Gasteiger partial charge in [-0.3, -0.25) is 0 Å². The van der Waals surface area contributed by atoms with E-state index < -0.39 is 0 Å². The van der Waals surface area contributed by atoms with Gasteiger partial charge in [-0.15, -0.1) is 0 Å². The SMILES string of the molecule is CCN(c1ccccc1)c1ncc(N)cc1C. The summed E-state index contributed by atoms with van der Waals surface area (Å²) in [7, 11) is 0. The summed E-state index contributed by atoms with van der Waals surface area (Å²) in [6.07, 6.45) is 1.70. The summed E-state index contributed by atoms with van der Waals surface area (Å²) in [5.74, 6) is 0.966. The first kappa shape index (κ1) is 11.5. The summed E-state index contributed by atoms with van der Waals surface area (Å²) < 4.78 is 0. The lowest BCUT2D eigenvalue weighted by Crippen LogP contribution is -2.18. The molecular weight excluding hydrogens is 210 g/mol. The van der Waals surface area contributed by atoms with Crippen molar-refractivity contribution in [1.29, 1.82) is 0 Å². The molecular formula is C14H17N3. The number of rotatable bonds is 3. The molecule has 3 nitrogen and oxygen atoms in total. The molecule has 1 aromatic carbocycles. The van der Waals surface area contributed by atoms with Crippen LogP contribution in [0, 0.1) is 6.92 Å². The van der Waals surface area contributed by atoms with Crippen LogP contribution in [0.5, 0.6) is 0 Å². The van der Waals surface area contributed by atoms with Crippen molar-refractivity contribution in [2.75, 3.05) is 17.2 Å². The van der Waals surface area contributed by atoms with Gasteiger partial charge >= 0.3 is 0 Å². The summed E-state index contributed by atoms with van der Waals surface area (Å²) in [6, 6.07) is 12.2. The maximum Gasteiger partial charge on any atom is 0.136 e. The van der Waals surface area contributed by atoms with E-state index in [4.69, 9.17) is 5.73 Å². The van der Waals surface area contributed by atoms with E-state index in [9.17, 15) is 0 Å². The van der Waals surface area contributed by atoms with Gasteiger partial charge in [-0.1, -0.05) is 18.2 Å². The standard InChI is InChI=1S/C14H17N3/c1-3-17(13-7-5-4-6-8-13)14-11(2)9-12(15)10-16-14/h4-10H,3,15H2,1-2H3. The fraction of sp³-hybridized carbons (Fsp3) is 0.214. The molecule has 2 rings (SSSR count). The maximum absolute atomic E-state index is 5.73. The molecule has 0 unspecified atom stereocenters. The van der Waals surface area contributed by atoms with Crippen LogP contribution in [0.25, 0.3) is 0 Å². The quantitative estimate of drug-likeness (QED) is 0.876. The molecule has 0 atom stereocenters. The van der Waals surface area contributed by atoms with Gasteiger partial charge in [0.15, 0.2) is 0 Å². The largest absolute Gasteiger partial charge is 0.397 e. The Hall–Kier alpha value is -2.03. The molecule has 0 spiro atoms. The van der Waals surface area contributed by atoms with Crippen LogP contribution in [0.4, 0.5) is 17.2 Å². The van der Waals surface area contributed by atoms with Crippen LogP contribution >= 0.6 is 0 Å². The smallest absolute Gasteiger partial charge is 0.136 e. The third-order valence-corrected chi connectivity index (χ3v) is 2.71. The molecule has 1 heterocycles. The van der Waals surface area contributed by atoms with Crippen molar-refractivity contribution in [1.82, 2.24) is 4.98 Å². The normalized spacial score (nSPS) is 10.2. The lowest BCUT2D eigenvalue weighted by molar-refractivity contribution is 0.980. The molecule has 3 heteroatoms. The molecule has 17 heavy (non-hydrogen) atoms. The second kappa shape index (κ2) is 4.87. The van der Waals surface area contributed by atoms with Gasteiger partial charge in [0.25, 0.3) is 0 Å². The van der Waals surface area contributed by atoms with E-state index in [1.165, 1.54) is 0 Å². The zero-order valence-corrected chi connectivity index (χ0v) is 10.2. The Morgan fingerprint density at radius 2 is 1.94 bits per heavy atom. The van der Waals surface area contributed by atoms with Gasteiger partial charge in [0.05, 0.1) is 11.9 Å². The van der Waals surface area contributed by atoms with Gasteiger partial charge < -0.3 is 10.6 Å². The van der Waals surface area contributed by atoms with E-state index in [-0.39, 0.29) is 0 Å². The third kappa shape index (κ3) is 2.38. The fourth-order valence-electron chi connectivity index (χ4n) is 1.93. The average Bonchev–Trinajstić information content (AvgIpc) is 2.34. The van der Waals surface area contributed by atoms with Crippen molar-refractivity contribution >= 4 is 17.2 Å². The molecule has 0 radical (unpaired) electrons. The third-order valence-electron chi connectivity index (χ3n) is 2.71. The zero-order chi connectivity index (χ0) is 12.3. The van der Waals surface area contributed by atoms with Crippen molar-refractivity contribution in [2.45, 2.75) is 13.8 Å². The summed E-state index contributed by atoms with van der Waals surface area (Å²) in [5.41, 5.74) is 8.67. The molecule has 2 N–H and O–H groups in total. The number of nitrogens with two attached hydrogens (primary N) is 1. The summed E-state index contributed by atoms with van der Waals surface area (Å²) >= 11 is 0. The Kier molecular flexibility index (Phi) is 3.28. The van der Waals surface area contributed by atoms with E-state index in [1.807, 2.05) is 31.2 Å². The van der Waals surface area contributed by atoms with Crippen LogP contribution in [-0.4, -0.2) is 11.5 Å². The predicted octanol–water partition coefficient (Wildman–Crippen LogP) is 3.13. The Labute approximate surface area is 102 Å². The molecule has 88 valence electrons. The first-order valence-electron chi connectivity index (χ1n) is 5.77. The summed E-state index contributed by atoms with van der Waals surface area (Å²) in [6.45, 7) is 5.02. The Bertz CT molecular complexity index is 494. The molecule has 0 aliphatic rings. The molecule has 0 aliphatic heterocycles. The number of benzene rings is 1. The first-order valence-corrected chi connectivity index (χ1v) is 5.77. The summed E-state index contributed by atoms with van der Waals surface area (Å²) in [5, 5.41) is 0. The molecule has 2 aromatic rings. The zero-order valence-electron chi connectivity index (χ0n) is 10.2. The van der Waals surface area contributed by atoms with Gasteiger partial charge in [-0.05, 0) is 37.6 Å². The number of aryl methyl sites for hydroxylation is 1. The van der Waals surface area contributed by atoms with Crippen LogP contribution in [0.3, 0.4) is 0 Å². The minimum absolute atomic E-state index is 0.704. The molecule has 0 fully saturated rings. The Morgan fingerprint density at radius 3 is 2.53 bits per heavy atom. The maximum atomic E-state index is 5.73. The van der Waals surface area contributed by atoms with Gasteiger partial charge in [0.1, 0.15) is 5.82 Å². The molecule has 0 amide bonds. The van der Waals surface area contributed by atoms with E-state index in [0.717, 1.165) is 23.6 Å². The highest BCUT2D eigenvalue weighted by Gasteiger charge is 2.10. The number of aromatic nitrogens is 1. The number of pyridine rings is 1. The first-order chi connectivity index (χ1) is 8.22. The van der Waals surface area contributed by atoms with Crippen LogP contribution < -0.4 is 10.6 Å².